The molecule has 1 aromatic heterocycles. The first kappa shape index (κ1) is 11.4. The van der Waals surface area contributed by atoms with Gasteiger partial charge in [0, 0.05) is 12.6 Å². The van der Waals surface area contributed by atoms with Crippen molar-refractivity contribution in [1.29, 1.82) is 0 Å². The number of hydrogen-bond donors (Lipinski definition) is 2. The molecule has 0 bridgehead atoms. The molecule has 1 aliphatic heterocycles. The summed E-state index contributed by atoms with van der Waals surface area (Å²) in [5.74, 6) is 0.491. The van der Waals surface area contributed by atoms with Gasteiger partial charge in [0.2, 0.25) is 0 Å². The van der Waals surface area contributed by atoms with Crippen molar-refractivity contribution >= 4 is 5.82 Å². The van der Waals surface area contributed by atoms with E-state index in [1.807, 2.05) is 13.0 Å². The fourth-order valence-electron chi connectivity index (χ4n) is 2.11. The summed E-state index contributed by atoms with van der Waals surface area (Å²) in [5, 5.41) is 10.0. The minimum Gasteiger partial charge on any atom is -0.390 e. The van der Waals surface area contributed by atoms with Crippen molar-refractivity contribution in [2.75, 3.05) is 5.73 Å². The van der Waals surface area contributed by atoms with E-state index in [9.17, 15) is 5.11 Å². The van der Waals surface area contributed by atoms with Crippen LogP contribution in [0.3, 0.4) is 0 Å². The molecule has 0 aliphatic carbocycles. The van der Waals surface area contributed by atoms with Gasteiger partial charge < -0.3 is 15.6 Å². The van der Waals surface area contributed by atoms with E-state index in [1.54, 1.807) is 12.3 Å². The summed E-state index contributed by atoms with van der Waals surface area (Å²) in [6.45, 7) is 2.04. The van der Waals surface area contributed by atoms with Gasteiger partial charge in [-0.25, -0.2) is 4.98 Å². The maximum absolute atomic E-state index is 10.0. The quantitative estimate of drug-likeness (QED) is 0.804. The topological polar surface area (TPSA) is 68.4 Å². The Morgan fingerprint density at radius 3 is 3.06 bits per heavy atom. The minimum absolute atomic E-state index is 0.0376. The average Bonchev–Trinajstić information content (AvgIpc) is 2.65. The Kier molecular flexibility index (Phi) is 3.41. The van der Waals surface area contributed by atoms with Gasteiger partial charge in [0.1, 0.15) is 5.82 Å². The van der Waals surface area contributed by atoms with E-state index in [2.05, 4.69) is 4.98 Å². The summed E-state index contributed by atoms with van der Waals surface area (Å²) >= 11 is 0. The zero-order chi connectivity index (χ0) is 11.5. The van der Waals surface area contributed by atoms with Crippen molar-refractivity contribution < 1.29 is 9.84 Å². The van der Waals surface area contributed by atoms with Crippen LogP contribution in [0.15, 0.2) is 18.3 Å². The van der Waals surface area contributed by atoms with Crippen LogP contribution in [0.25, 0.3) is 0 Å². The summed E-state index contributed by atoms with van der Waals surface area (Å²) in [4.78, 5) is 3.92. The molecule has 88 valence electrons. The molecular weight excluding hydrogens is 204 g/mol. The molecule has 1 saturated heterocycles. The highest BCUT2D eigenvalue weighted by molar-refractivity contribution is 5.32. The second-order valence-corrected chi connectivity index (χ2v) is 4.42. The summed E-state index contributed by atoms with van der Waals surface area (Å²) in [7, 11) is 0. The number of pyridine rings is 1. The predicted octanol–water partition coefficient (Wildman–Crippen LogP) is 1.13. The van der Waals surface area contributed by atoms with Crippen LogP contribution in [0.1, 0.15) is 25.3 Å². The molecule has 1 fully saturated rings. The SMILES string of the molecule is CC1CCC(C(O)Cc2ccnc(N)c2)O1. The molecule has 4 heteroatoms. The Bertz CT molecular complexity index is 357. The number of aliphatic hydroxyl groups is 1. The van der Waals surface area contributed by atoms with Crippen molar-refractivity contribution in [2.45, 2.75) is 44.5 Å². The van der Waals surface area contributed by atoms with Gasteiger partial charge in [-0.2, -0.15) is 0 Å². The molecule has 0 radical (unpaired) electrons. The number of aromatic nitrogens is 1. The maximum atomic E-state index is 10.0. The van der Waals surface area contributed by atoms with Gasteiger partial charge in [0.25, 0.3) is 0 Å². The Labute approximate surface area is 95.4 Å². The van der Waals surface area contributed by atoms with Gasteiger partial charge in [-0.3, -0.25) is 0 Å². The molecule has 0 aromatic carbocycles. The lowest BCUT2D eigenvalue weighted by molar-refractivity contribution is -0.0278. The second-order valence-electron chi connectivity index (χ2n) is 4.42. The molecule has 3 atom stereocenters. The van der Waals surface area contributed by atoms with Gasteiger partial charge in [-0.15, -0.1) is 0 Å². The lowest BCUT2D eigenvalue weighted by atomic mass is 10.0. The lowest BCUT2D eigenvalue weighted by Crippen LogP contribution is -2.28. The molecule has 2 heterocycles. The summed E-state index contributed by atoms with van der Waals surface area (Å²) < 4.78 is 5.63. The standard InChI is InChI=1S/C12H18N2O2/c1-8-2-3-11(16-8)10(15)6-9-4-5-14-12(13)7-9/h4-5,7-8,10-11,15H,2-3,6H2,1H3,(H2,13,14). The normalized spacial score (nSPS) is 26.9. The second kappa shape index (κ2) is 4.80. The average molecular weight is 222 g/mol. The van der Waals surface area contributed by atoms with Crippen molar-refractivity contribution in [2.24, 2.45) is 0 Å². The Balaban J connectivity index is 1.94. The highest BCUT2D eigenvalue weighted by Crippen LogP contribution is 2.23. The van der Waals surface area contributed by atoms with E-state index >= 15 is 0 Å². The van der Waals surface area contributed by atoms with Gasteiger partial charge in [0.15, 0.2) is 0 Å². The Morgan fingerprint density at radius 2 is 2.44 bits per heavy atom. The highest BCUT2D eigenvalue weighted by atomic mass is 16.5. The third kappa shape index (κ3) is 2.71. The van der Waals surface area contributed by atoms with Crippen LogP contribution in [-0.2, 0) is 11.2 Å². The van der Waals surface area contributed by atoms with Gasteiger partial charge in [-0.1, -0.05) is 0 Å². The molecule has 1 aliphatic rings. The summed E-state index contributed by atoms with van der Waals surface area (Å²) in [6.07, 6.45) is 3.97. The van der Waals surface area contributed by atoms with Crippen molar-refractivity contribution in [3.05, 3.63) is 23.9 Å². The highest BCUT2D eigenvalue weighted by Gasteiger charge is 2.28. The molecule has 16 heavy (non-hydrogen) atoms. The number of ether oxygens (including phenoxy) is 1. The third-order valence-corrected chi connectivity index (χ3v) is 2.98. The van der Waals surface area contributed by atoms with Crippen LogP contribution in [0, 0.1) is 0 Å². The molecule has 3 N–H and O–H groups in total. The van der Waals surface area contributed by atoms with E-state index in [4.69, 9.17) is 10.5 Å². The first-order chi connectivity index (χ1) is 7.65. The molecule has 0 spiro atoms. The molecule has 3 unspecified atom stereocenters. The van der Waals surface area contributed by atoms with Gasteiger partial charge >= 0.3 is 0 Å². The molecule has 2 rings (SSSR count). The number of aliphatic hydroxyl groups excluding tert-OH is 1. The fourth-order valence-corrected chi connectivity index (χ4v) is 2.11. The molecule has 0 amide bonds. The number of hydrogen-bond acceptors (Lipinski definition) is 4. The third-order valence-electron chi connectivity index (χ3n) is 2.98. The summed E-state index contributed by atoms with van der Waals surface area (Å²) in [6, 6.07) is 3.67. The van der Waals surface area contributed by atoms with E-state index < -0.39 is 6.10 Å². The number of nitrogens with two attached hydrogens (primary N) is 1. The van der Waals surface area contributed by atoms with Crippen LogP contribution in [-0.4, -0.2) is 28.4 Å². The van der Waals surface area contributed by atoms with Crippen LogP contribution in [0.4, 0.5) is 5.82 Å². The molecule has 1 aromatic rings. The molecular formula is C12H18N2O2. The number of nitrogen functional groups attached to an aromatic ring is 1. The smallest absolute Gasteiger partial charge is 0.123 e. The van der Waals surface area contributed by atoms with Crippen molar-refractivity contribution in [3.8, 4) is 0 Å². The number of nitrogens with zero attached hydrogens (tertiary/aromatic N) is 1. The van der Waals surface area contributed by atoms with Crippen LogP contribution in [0.2, 0.25) is 0 Å². The fraction of sp³-hybridized carbons (Fsp3) is 0.583. The summed E-state index contributed by atoms with van der Waals surface area (Å²) in [5.41, 5.74) is 6.59. The Morgan fingerprint density at radius 1 is 1.62 bits per heavy atom. The zero-order valence-corrected chi connectivity index (χ0v) is 9.47. The van der Waals surface area contributed by atoms with Crippen LogP contribution < -0.4 is 5.73 Å². The first-order valence-corrected chi connectivity index (χ1v) is 5.69. The lowest BCUT2D eigenvalue weighted by Gasteiger charge is -2.18. The van der Waals surface area contributed by atoms with Crippen LogP contribution >= 0.6 is 0 Å². The number of anilines is 1. The molecule has 0 saturated carbocycles. The maximum Gasteiger partial charge on any atom is 0.123 e. The van der Waals surface area contributed by atoms with E-state index in [-0.39, 0.29) is 12.2 Å². The first-order valence-electron chi connectivity index (χ1n) is 5.69. The van der Waals surface area contributed by atoms with E-state index in [0.29, 0.717) is 12.2 Å². The molecule has 4 nitrogen and oxygen atoms in total. The number of rotatable bonds is 3. The predicted molar refractivity (Wildman–Crippen MR) is 61.9 cm³/mol. The van der Waals surface area contributed by atoms with Crippen molar-refractivity contribution in [3.63, 3.8) is 0 Å². The monoisotopic (exact) mass is 222 g/mol. The van der Waals surface area contributed by atoms with Gasteiger partial charge in [-0.05, 0) is 37.5 Å². The largest absolute Gasteiger partial charge is 0.390 e. The zero-order valence-electron chi connectivity index (χ0n) is 9.47. The minimum atomic E-state index is -0.452. The van der Waals surface area contributed by atoms with Crippen LogP contribution in [0.5, 0.6) is 0 Å². The Hall–Kier alpha value is -1.13. The van der Waals surface area contributed by atoms with Gasteiger partial charge in [0.05, 0.1) is 18.3 Å². The van der Waals surface area contributed by atoms with E-state index in [0.717, 1.165) is 18.4 Å². The van der Waals surface area contributed by atoms with Crippen molar-refractivity contribution in [1.82, 2.24) is 4.98 Å². The van der Waals surface area contributed by atoms with E-state index in [1.165, 1.54) is 0 Å².